The van der Waals surface area contributed by atoms with E-state index in [1.165, 1.54) is 29.5 Å². The van der Waals surface area contributed by atoms with Crippen LogP contribution in [0.4, 0.5) is 9.52 Å². The van der Waals surface area contributed by atoms with Gasteiger partial charge in [0.05, 0.1) is 26.4 Å². The Kier molecular flexibility index (Phi) is 5.74. The summed E-state index contributed by atoms with van der Waals surface area (Å²) < 4.78 is 39.3. The van der Waals surface area contributed by atoms with Crippen LogP contribution < -0.4 is 4.90 Å². The monoisotopic (exact) mass is 461 g/mol. The highest BCUT2D eigenvalue weighted by molar-refractivity contribution is 7.91. The van der Waals surface area contributed by atoms with Gasteiger partial charge in [-0.15, -0.1) is 0 Å². The third kappa shape index (κ3) is 4.04. The lowest BCUT2D eigenvalue weighted by Gasteiger charge is -2.44. The number of rotatable bonds is 4. The molecule has 3 aromatic rings. The Balaban J connectivity index is 1.61. The summed E-state index contributed by atoms with van der Waals surface area (Å²) in [4.78, 5) is 22.0. The molecule has 0 N–H and O–H groups in total. The molecule has 1 aromatic heterocycles. The maximum Gasteiger partial charge on any atom is 0.255 e. The van der Waals surface area contributed by atoms with Crippen molar-refractivity contribution in [3.05, 3.63) is 53.8 Å². The molecule has 1 amide bonds. The number of carbonyl (C=O) groups excluding carboxylic acids is 1. The average molecular weight is 462 g/mol. The maximum atomic E-state index is 13.5. The van der Waals surface area contributed by atoms with E-state index in [0.717, 1.165) is 15.3 Å². The number of sulfone groups is 1. The number of piperazine rings is 1. The number of amides is 1. The number of aromatic nitrogens is 1. The van der Waals surface area contributed by atoms with Crippen LogP contribution in [0.25, 0.3) is 10.2 Å². The van der Waals surface area contributed by atoms with Gasteiger partial charge in [0.2, 0.25) is 0 Å². The Hall–Kier alpha value is -2.52. The molecule has 6 nitrogen and oxygen atoms in total. The molecule has 0 radical (unpaired) electrons. The number of thiazole rings is 1. The number of nitrogens with zero attached hydrogens (tertiary/aromatic N) is 3. The van der Waals surface area contributed by atoms with Crippen LogP contribution in [0.1, 0.15) is 31.1 Å². The molecule has 1 aliphatic rings. The zero-order chi connectivity index (χ0) is 22.3. The molecule has 9 heteroatoms. The Morgan fingerprint density at radius 1 is 1.16 bits per heavy atom. The second-order valence-corrected chi connectivity index (χ2v) is 11.1. The summed E-state index contributed by atoms with van der Waals surface area (Å²) in [7, 11) is -3.52. The van der Waals surface area contributed by atoms with E-state index in [4.69, 9.17) is 0 Å². The van der Waals surface area contributed by atoms with Crippen LogP contribution in [-0.2, 0) is 9.84 Å². The zero-order valence-electron chi connectivity index (χ0n) is 17.6. The van der Waals surface area contributed by atoms with Crippen LogP contribution in [0.2, 0.25) is 0 Å². The fourth-order valence-electron chi connectivity index (χ4n) is 4.11. The Morgan fingerprint density at radius 3 is 2.52 bits per heavy atom. The van der Waals surface area contributed by atoms with Gasteiger partial charge in [-0.2, -0.15) is 0 Å². The van der Waals surface area contributed by atoms with Gasteiger partial charge < -0.3 is 9.80 Å². The second-order valence-electron chi connectivity index (χ2n) is 7.82. The molecule has 0 aliphatic carbocycles. The normalized spacial score (nSPS) is 19.7. The van der Waals surface area contributed by atoms with Gasteiger partial charge in [0.15, 0.2) is 15.0 Å². The number of hydrogen-bond acceptors (Lipinski definition) is 6. The first kappa shape index (κ1) is 21.7. The summed E-state index contributed by atoms with van der Waals surface area (Å²) in [6.45, 7) is 6.58. The van der Waals surface area contributed by atoms with Crippen LogP contribution in [0.5, 0.6) is 0 Å². The Bertz CT molecular complexity index is 1230. The van der Waals surface area contributed by atoms with Crippen molar-refractivity contribution in [3.8, 4) is 0 Å². The quantitative estimate of drug-likeness (QED) is 0.588. The third-order valence-corrected chi connectivity index (χ3v) is 8.46. The number of hydrogen-bond donors (Lipinski definition) is 0. The molecule has 1 fully saturated rings. The largest absolute Gasteiger partial charge is 0.344 e. The number of benzene rings is 2. The summed E-state index contributed by atoms with van der Waals surface area (Å²) in [5, 5.41) is 0.792. The summed E-state index contributed by atoms with van der Waals surface area (Å²) >= 11 is 1.43. The predicted molar refractivity (Wildman–Crippen MR) is 121 cm³/mol. The first-order valence-corrected chi connectivity index (χ1v) is 12.6. The van der Waals surface area contributed by atoms with Crippen LogP contribution in [0.15, 0.2) is 47.4 Å². The van der Waals surface area contributed by atoms with Crippen molar-refractivity contribution in [1.29, 1.82) is 0 Å². The molecule has 0 spiro atoms. The molecule has 1 aliphatic heterocycles. The Morgan fingerprint density at radius 2 is 1.84 bits per heavy atom. The van der Waals surface area contributed by atoms with Crippen molar-refractivity contribution in [2.45, 2.75) is 37.8 Å². The Labute approximate surface area is 185 Å². The minimum absolute atomic E-state index is 0.0611. The van der Waals surface area contributed by atoms with Crippen molar-refractivity contribution < 1.29 is 17.6 Å². The number of carbonyl (C=O) groups is 1. The van der Waals surface area contributed by atoms with Crippen LogP contribution in [0, 0.1) is 5.82 Å². The molecule has 164 valence electrons. The second kappa shape index (κ2) is 8.20. The van der Waals surface area contributed by atoms with E-state index in [2.05, 4.69) is 9.88 Å². The summed E-state index contributed by atoms with van der Waals surface area (Å²) in [6.07, 6.45) is 0. The molecule has 0 bridgehead atoms. The van der Waals surface area contributed by atoms with Gasteiger partial charge in [-0.3, -0.25) is 4.79 Å². The standard InChI is InChI=1S/C22H24FN3O3S2/c1-4-31(28,29)20-8-6-5-7-17(20)21(27)26-14(2)12-25(13-15(26)3)22-24-18-10-9-16(23)11-19(18)30-22/h5-11,14-15H,4,12-13H2,1-3H3. The highest BCUT2D eigenvalue weighted by Gasteiger charge is 2.36. The summed E-state index contributed by atoms with van der Waals surface area (Å²) in [6, 6.07) is 10.6. The third-order valence-electron chi connectivity index (χ3n) is 5.60. The van der Waals surface area contributed by atoms with E-state index < -0.39 is 9.84 Å². The first-order chi connectivity index (χ1) is 14.7. The first-order valence-electron chi connectivity index (χ1n) is 10.2. The number of anilines is 1. The van der Waals surface area contributed by atoms with Crippen molar-refractivity contribution in [3.63, 3.8) is 0 Å². The summed E-state index contributed by atoms with van der Waals surface area (Å²) in [5.41, 5.74) is 0.964. The molecule has 31 heavy (non-hydrogen) atoms. The minimum atomic E-state index is -3.52. The van der Waals surface area contributed by atoms with Gasteiger partial charge >= 0.3 is 0 Å². The van der Waals surface area contributed by atoms with Gasteiger partial charge in [-0.1, -0.05) is 30.4 Å². The van der Waals surface area contributed by atoms with E-state index >= 15 is 0 Å². The lowest BCUT2D eigenvalue weighted by molar-refractivity contribution is 0.0570. The highest BCUT2D eigenvalue weighted by Crippen LogP contribution is 2.32. The summed E-state index contributed by atoms with van der Waals surface area (Å²) in [5.74, 6) is -0.631. The van der Waals surface area contributed by atoms with Crippen molar-refractivity contribution in [2.75, 3.05) is 23.7 Å². The molecule has 2 aromatic carbocycles. The molecule has 1 saturated heterocycles. The lowest BCUT2D eigenvalue weighted by Crippen LogP contribution is -2.58. The van der Waals surface area contributed by atoms with Gasteiger partial charge in [0, 0.05) is 25.2 Å². The van der Waals surface area contributed by atoms with Gasteiger partial charge in [0.1, 0.15) is 5.82 Å². The van der Waals surface area contributed by atoms with Gasteiger partial charge in [-0.05, 0) is 44.2 Å². The van der Waals surface area contributed by atoms with E-state index in [-0.39, 0.29) is 40.0 Å². The molecule has 2 unspecified atom stereocenters. The lowest BCUT2D eigenvalue weighted by atomic mass is 10.1. The van der Waals surface area contributed by atoms with Crippen LogP contribution in [-0.4, -0.2) is 55.1 Å². The van der Waals surface area contributed by atoms with E-state index in [0.29, 0.717) is 13.1 Å². The van der Waals surface area contributed by atoms with Crippen molar-refractivity contribution in [2.24, 2.45) is 0 Å². The van der Waals surface area contributed by atoms with E-state index in [1.54, 1.807) is 36.1 Å². The maximum absolute atomic E-state index is 13.5. The van der Waals surface area contributed by atoms with E-state index in [1.807, 2.05) is 13.8 Å². The fourth-order valence-corrected chi connectivity index (χ4v) is 6.21. The molecule has 2 atom stereocenters. The van der Waals surface area contributed by atoms with E-state index in [9.17, 15) is 17.6 Å². The van der Waals surface area contributed by atoms with Crippen molar-refractivity contribution >= 4 is 42.4 Å². The predicted octanol–water partition coefficient (Wildman–Crippen LogP) is 3.97. The minimum Gasteiger partial charge on any atom is -0.344 e. The molecular formula is C22H24FN3O3S2. The molecule has 0 saturated carbocycles. The zero-order valence-corrected chi connectivity index (χ0v) is 19.2. The highest BCUT2D eigenvalue weighted by atomic mass is 32.2. The number of halogens is 1. The van der Waals surface area contributed by atoms with Gasteiger partial charge in [-0.25, -0.2) is 17.8 Å². The number of fused-ring (bicyclic) bond motifs is 1. The fraction of sp³-hybridized carbons (Fsp3) is 0.364. The smallest absolute Gasteiger partial charge is 0.255 e. The topological polar surface area (TPSA) is 70.6 Å². The van der Waals surface area contributed by atoms with Gasteiger partial charge in [0.25, 0.3) is 5.91 Å². The molecule has 2 heterocycles. The van der Waals surface area contributed by atoms with Crippen LogP contribution >= 0.6 is 11.3 Å². The SMILES string of the molecule is CCS(=O)(=O)c1ccccc1C(=O)N1C(C)CN(c2nc3ccc(F)cc3s2)CC1C. The van der Waals surface area contributed by atoms with Crippen molar-refractivity contribution in [1.82, 2.24) is 9.88 Å². The molecule has 4 rings (SSSR count). The average Bonchev–Trinajstić information content (AvgIpc) is 3.16. The molecular weight excluding hydrogens is 437 g/mol. The van der Waals surface area contributed by atoms with Crippen LogP contribution in [0.3, 0.4) is 0 Å².